The molecule has 2 heterocycles. The van der Waals surface area contributed by atoms with Crippen molar-refractivity contribution in [3.8, 4) is 0 Å². The van der Waals surface area contributed by atoms with Gasteiger partial charge in [-0.3, -0.25) is 4.98 Å². The van der Waals surface area contributed by atoms with E-state index in [0.717, 1.165) is 17.8 Å². The summed E-state index contributed by atoms with van der Waals surface area (Å²) in [7, 11) is 0. The van der Waals surface area contributed by atoms with Crippen LogP contribution in [-0.2, 0) is 4.79 Å². The summed E-state index contributed by atoms with van der Waals surface area (Å²) in [6.07, 6.45) is 1.45. The second-order valence-electron chi connectivity index (χ2n) is 5.13. The van der Waals surface area contributed by atoms with Gasteiger partial charge < -0.3 is 10.0 Å². The van der Waals surface area contributed by atoms with Crippen LogP contribution >= 0.6 is 0 Å². The van der Waals surface area contributed by atoms with Gasteiger partial charge in [0.25, 0.3) is 0 Å². The quantitative estimate of drug-likeness (QED) is 0.915. The van der Waals surface area contributed by atoms with Gasteiger partial charge >= 0.3 is 5.97 Å². The Morgan fingerprint density at radius 1 is 1.45 bits per heavy atom. The van der Waals surface area contributed by atoms with E-state index in [1.54, 1.807) is 6.07 Å². The van der Waals surface area contributed by atoms with Crippen LogP contribution in [-0.4, -0.2) is 28.6 Å². The third kappa shape index (κ3) is 2.09. The SMILES string of the molecule is Cc1cc(N2CCC[C@@H]2C(=O)O)c2cc(F)ccc2n1. The number of nitrogens with zero attached hydrogens (tertiary/aromatic N) is 2. The molecule has 0 bridgehead atoms. The minimum Gasteiger partial charge on any atom is -0.480 e. The second-order valence-corrected chi connectivity index (χ2v) is 5.13. The molecule has 1 atom stereocenters. The number of anilines is 1. The van der Waals surface area contributed by atoms with Crippen molar-refractivity contribution in [2.75, 3.05) is 11.4 Å². The van der Waals surface area contributed by atoms with E-state index in [1.807, 2.05) is 17.9 Å². The highest BCUT2D eigenvalue weighted by Gasteiger charge is 2.31. The number of hydrogen-bond donors (Lipinski definition) is 1. The number of carboxylic acids is 1. The summed E-state index contributed by atoms with van der Waals surface area (Å²) in [5.41, 5.74) is 2.25. The van der Waals surface area contributed by atoms with E-state index in [0.29, 0.717) is 23.9 Å². The molecular formula is C15H15FN2O2. The van der Waals surface area contributed by atoms with Crippen LogP contribution in [0.15, 0.2) is 24.3 Å². The first kappa shape index (κ1) is 12.8. The van der Waals surface area contributed by atoms with Crippen molar-refractivity contribution in [2.24, 2.45) is 0 Å². The Balaban J connectivity index is 2.19. The minimum atomic E-state index is -0.832. The average molecular weight is 274 g/mol. The summed E-state index contributed by atoms with van der Waals surface area (Å²) in [5, 5.41) is 9.98. The maximum Gasteiger partial charge on any atom is 0.326 e. The van der Waals surface area contributed by atoms with Gasteiger partial charge in [0.05, 0.1) is 5.52 Å². The molecule has 1 aromatic heterocycles. The lowest BCUT2D eigenvalue weighted by Gasteiger charge is -2.25. The normalized spacial score (nSPS) is 18.7. The van der Waals surface area contributed by atoms with Crippen LogP contribution in [0.4, 0.5) is 10.1 Å². The highest BCUT2D eigenvalue weighted by atomic mass is 19.1. The summed E-state index contributed by atoms with van der Waals surface area (Å²) in [6, 6.07) is 5.73. The number of halogens is 1. The van der Waals surface area contributed by atoms with Gasteiger partial charge in [-0.05, 0) is 44.0 Å². The molecule has 2 aromatic rings. The molecule has 1 N–H and O–H groups in total. The van der Waals surface area contributed by atoms with Gasteiger partial charge in [0, 0.05) is 23.3 Å². The summed E-state index contributed by atoms with van der Waals surface area (Å²) in [4.78, 5) is 17.6. The standard InChI is InChI=1S/C15H15FN2O2/c1-9-7-14(18-6-2-3-13(18)15(19)20)11-8-10(16)4-5-12(11)17-9/h4-5,7-8,13H,2-3,6H2,1H3,(H,19,20)/t13-/m1/s1. The van der Waals surface area contributed by atoms with E-state index in [4.69, 9.17) is 0 Å². The van der Waals surface area contributed by atoms with Gasteiger partial charge in [-0.1, -0.05) is 0 Å². The van der Waals surface area contributed by atoms with E-state index in [2.05, 4.69) is 4.98 Å². The van der Waals surface area contributed by atoms with Gasteiger partial charge in [0.2, 0.25) is 0 Å². The third-order valence-electron chi connectivity index (χ3n) is 3.72. The Hall–Kier alpha value is -2.17. The summed E-state index contributed by atoms with van der Waals surface area (Å²) < 4.78 is 13.5. The van der Waals surface area contributed by atoms with E-state index < -0.39 is 12.0 Å². The molecule has 104 valence electrons. The maximum atomic E-state index is 13.5. The number of fused-ring (bicyclic) bond motifs is 1. The lowest BCUT2D eigenvalue weighted by Crippen LogP contribution is -2.36. The molecule has 1 fully saturated rings. The fourth-order valence-electron chi connectivity index (χ4n) is 2.86. The van der Waals surface area contributed by atoms with Crippen molar-refractivity contribution >= 4 is 22.6 Å². The number of benzene rings is 1. The van der Waals surface area contributed by atoms with Crippen LogP contribution in [0.1, 0.15) is 18.5 Å². The summed E-state index contributed by atoms with van der Waals surface area (Å²) in [5.74, 6) is -1.17. The number of aliphatic carboxylic acids is 1. The van der Waals surface area contributed by atoms with Crippen LogP contribution in [0, 0.1) is 12.7 Å². The van der Waals surface area contributed by atoms with Gasteiger partial charge in [0.1, 0.15) is 11.9 Å². The molecule has 0 saturated carbocycles. The molecule has 1 aliphatic rings. The Morgan fingerprint density at radius 2 is 2.25 bits per heavy atom. The maximum absolute atomic E-state index is 13.5. The number of pyridine rings is 1. The molecule has 1 aliphatic heterocycles. The van der Waals surface area contributed by atoms with E-state index in [9.17, 15) is 14.3 Å². The molecule has 0 aliphatic carbocycles. The first-order valence-electron chi connectivity index (χ1n) is 6.62. The van der Waals surface area contributed by atoms with Crippen molar-refractivity contribution in [1.82, 2.24) is 4.98 Å². The van der Waals surface area contributed by atoms with E-state index in [1.165, 1.54) is 12.1 Å². The average Bonchev–Trinajstić information content (AvgIpc) is 2.87. The Bertz CT molecular complexity index is 687. The first-order chi connectivity index (χ1) is 9.56. The fourth-order valence-corrected chi connectivity index (χ4v) is 2.86. The summed E-state index contributed by atoms with van der Waals surface area (Å²) >= 11 is 0. The minimum absolute atomic E-state index is 0.338. The Morgan fingerprint density at radius 3 is 3.00 bits per heavy atom. The van der Waals surface area contributed by atoms with Crippen LogP contribution < -0.4 is 4.90 Å². The van der Waals surface area contributed by atoms with Crippen molar-refractivity contribution < 1.29 is 14.3 Å². The van der Waals surface area contributed by atoms with Crippen LogP contribution in [0.5, 0.6) is 0 Å². The highest BCUT2D eigenvalue weighted by Crippen LogP contribution is 2.32. The molecule has 1 saturated heterocycles. The number of carboxylic acid groups (broad SMARTS) is 1. The fraction of sp³-hybridized carbons (Fsp3) is 0.333. The van der Waals surface area contributed by atoms with Crippen molar-refractivity contribution in [3.05, 3.63) is 35.8 Å². The van der Waals surface area contributed by atoms with Crippen molar-refractivity contribution in [2.45, 2.75) is 25.8 Å². The zero-order valence-corrected chi connectivity index (χ0v) is 11.1. The number of hydrogen-bond acceptors (Lipinski definition) is 3. The first-order valence-corrected chi connectivity index (χ1v) is 6.62. The largest absolute Gasteiger partial charge is 0.480 e. The predicted octanol–water partition coefficient (Wildman–Crippen LogP) is 2.74. The van der Waals surface area contributed by atoms with Gasteiger partial charge in [0.15, 0.2) is 0 Å². The smallest absolute Gasteiger partial charge is 0.326 e. The van der Waals surface area contributed by atoms with E-state index in [-0.39, 0.29) is 5.82 Å². The molecule has 20 heavy (non-hydrogen) atoms. The molecule has 0 spiro atoms. The van der Waals surface area contributed by atoms with Gasteiger partial charge in [-0.15, -0.1) is 0 Å². The van der Waals surface area contributed by atoms with Gasteiger partial charge in [-0.2, -0.15) is 0 Å². The van der Waals surface area contributed by atoms with Crippen LogP contribution in [0.3, 0.4) is 0 Å². The van der Waals surface area contributed by atoms with Crippen LogP contribution in [0.25, 0.3) is 10.9 Å². The van der Waals surface area contributed by atoms with Gasteiger partial charge in [-0.25, -0.2) is 9.18 Å². The number of rotatable bonds is 2. The molecule has 3 rings (SSSR count). The molecular weight excluding hydrogens is 259 g/mol. The van der Waals surface area contributed by atoms with Crippen LogP contribution in [0.2, 0.25) is 0 Å². The van der Waals surface area contributed by atoms with Crippen molar-refractivity contribution in [1.29, 1.82) is 0 Å². The Kier molecular flexibility index (Phi) is 3.04. The molecule has 5 heteroatoms. The Labute approximate surface area is 115 Å². The lowest BCUT2D eigenvalue weighted by atomic mass is 10.1. The number of carbonyl (C=O) groups is 1. The zero-order chi connectivity index (χ0) is 14.3. The summed E-state index contributed by atoms with van der Waals surface area (Å²) in [6.45, 7) is 2.53. The lowest BCUT2D eigenvalue weighted by molar-refractivity contribution is -0.138. The molecule has 1 aromatic carbocycles. The number of aryl methyl sites for hydroxylation is 1. The highest BCUT2D eigenvalue weighted by molar-refractivity contribution is 5.94. The predicted molar refractivity (Wildman–Crippen MR) is 74.4 cm³/mol. The second kappa shape index (κ2) is 4.74. The molecule has 4 nitrogen and oxygen atoms in total. The topological polar surface area (TPSA) is 53.4 Å². The monoisotopic (exact) mass is 274 g/mol. The van der Waals surface area contributed by atoms with E-state index >= 15 is 0 Å². The number of aromatic nitrogens is 1. The zero-order valence-electron chi connectivity index (χ0n) is 11.1. The molecule has 0 unspecified atom stereocenters. The van der Waals surface area contributed by atoms with Crippen molar-refractivity contribution in [3.63, 3.8) is 0 Å². The molecule has 0 radical (unpaired) electrons. The third-order valence-corrected chi connectivity index (χ3v) is 3.72. The molecule has 0 amide bonds.